The van der Waals surface area contributed by atoms with E-state index in [0.717, 1.165) is 0 Å². The summed E-state index contributed by atoms with van der Waals surface area (Å²) < 4.78 is 36.4. The van der Waals surface area contributed by atoms with Gasteiger partial charge < -0.3 is 10.8 Å². The Morgan fingerprint density at radius 2 is 2.14 bits per heavy atom. The molecule has 1 heterocycles. The summed E-state index contributed by atoms with van der Waals surface area (Å²) in [5.41, 5.74) is 5.01. The van der Waals surface area contributed by atoms with Gasteiger partial charge in [-0.15, -0.1) is 5.10 Å². The second kappa shape index (κ2) is 3.16. The van der Waals surface area contributed by atoms with Crippen LogP contribution >= 0.6 is 0 Å². The Balaban J connectivity index is 2.99. The molecule has 0 saturated carbocycles. The predicted octanol–water partition coefficient (Wildman–Crippen LogP) is -0.0363. The summed E-state index contributed by atoms with van der Waals surface area (Å²) >= 11 is 0. The molecule has 14 heavy (non-hydrogen) atoms. The van der Waals surface area contributed by atoms with E-state index in [2.05, 4.69) is 10.1 Å². The molecule has 0 spiro atoms. The van der Waals surface area contributed by atoms with Crippen LogP contribution in [0.4, 0.5) is 19.1 Å². The maximum Gasteiger partial charge on any atom is 0.453 e. The van der Waals surface area contributed by atoms with Crippen molar-refractivity contribution < 1.29 is 23.1 Å². The van der Waals surface area contributed by atoms with Crippen LogP contribution < -0.4 is 5.73 Å². The first kappa shape index (κ1) is 10.3. The fourth-order valence-electron chi connectivity index (χ4n) is 0.719. The lowest BCUT2D eigenvalue weighted by Crippen LogP contribution is -2.14. The van der Waals surface area contributed by atoms with Gasteiger partial charge in [-0.1, -0.05) is 0 Å². The van der Waals surface area contributed by atoms with E-state index in [0.29, 0.717) is 4.68 Å². The van der Waals surface area contributed by atoms with E-state index in [-0.39, 0.29) is 0 Å². The van der Waals surface area contributed by atoms with Gasteiger partial charge >= 0.3 is 12.1 Å². The van der Waals surface area contributed by atoms with E-state index in [1.54, 1.807) is 0 Å². The molecule has 0 aliphatic carbocycles. The van der Waals surface area contributed by atoms with Gasteiger partial charge in [0, 0.05) is 0 Å². The highest BCUT2D eigenvalue weighted by molar-refractivity contribution is 5.66. The molecular weight excluding hydrogens is 205 g/mol. The molecule has 0 unspecified atom stereocenters. The van der Waals surface area contributed by atoms with Crippen molar-refractivity contribution in [3.05, 3.63) is 5.82 Å². The van der Waals surface area contributed by atoms with Crippen LogP contribution in [0, 0.1) is 0 Å². The second-order valence-electron chi connectivity index (χ2n) is 2.34. The van der Waals surface area contributed by atoms with Crippen molar-refractivity contribution in [2.45, 2.75) is 12.7 Å². The number of aromatic nitrogens is 3. The summed E-state index contributed by atoms with van der Waals surface area (Å²) in [6, 6.07) is 0. The van der Waals surface area contributed by atoms with Crippen LogP contribution in [0.25, 0.3) is 0 Å². The van der Waals surface area contributed by atoms with Gasteiger partial charge in [-0.25, -0.2) is 4.68 Å². The molecule has 1 rings (SSSR count). The largest absolute Gasteiger partial charge is 0.480 e. The predicted molar refractivity (Wildman–Crippen MR) is 37.1 cm³/mol. The molecule has 0 aliphatic heterocycles. The zero-order chi connectivity index (χ0) is 10.9. The summed E-state index contributed by atoms with van der Waals surface area (Å²) in [5, 5.41) is 11.2. The van der Waals surface area contributed by atoms with Crippen LogP contribution in [0.1, 0.15) is 5.82 Å². The maximum absolute atomic E-state index is 12.0. The quantitative estimate of drug-likeness (QED) is 0.714. The second-order valence-corrected chi connectivity index (χ2v) is 2.34. The number of carboxylic acids is 1. The van der Waals surface area contributed by atoms with Gasteiger partial charge in [-0.2, -0.15) is 18.2 Å². The Morgan fingerprint density at radius 1 is 1.57 bits per heavy atom. The van der Waals surface area contributed by atoms with Crippen LogP contribution in [0.3, 0.4) is 0 Å². The fourth-order valence-corrected chi connectivity index (χ4v) is 0.719. The van der Waals surface area contributed by atoms with Crippen molar-refractivity contribution in [2.24, 2.45) is 0 Å². The zero-order valence-corrected chi connectivity index (χ0v) is 6.62. The molecule has 9 heteroatoms. The van der Waals surface area contributed by atoms with Gasteiger partial charge in [-0.05, 0) is 0 Å². The van der Waals surface area contributed by atoms with Crippen molar-refractivity contribution in [3.63, 3.8) is 0 Å². The number of carbonyl (C=O) groups is 1. The lowest BCUT2D eigenvalue weighted by molar-refractivity contribution is -0.145. The number of anilines is 1. The van der Waals surface area contributed by atoms with E-state index >= 15 is 0 Å². The van der Waals surface area contributed by atoms with Crippen LogP contribution in [-0.2, 0) is 17.5 Å². The van der Waals surface area contributed by atoms with E-state index in [4.69, 9.17) is 10.8 Å². The minimum Gasteiger partial charge on any atom is -0.480 e. The first-order chi connectivity index (χ1) is 6.30. The number of nitrogens with zero attached hydrogens (tertiary/aromatic N) is 3. The molecule has 0 radical (unpaired) electrons. The van der Waals surface area contributed by atoms with E-state index in [1.807, 2.05) is 0 Å². The smallest absolute Gasteiger partial charge is 0.453 e. The lowest BCUT2D eigenvalue weighted by atomic mass is 10.6. The minimum absolute atomic E-state index is 0.463. The van der Waals surface area contributed by atoms with Crippen molar-refractivity contribution >= 4 is 11.9 Å². The summed E-state index contributed by atoms with van der Waals surface area (Å²) in [6.45, 7) is -0.755. The standard InChI is InChI=1S/C5H5F3N4O2/c6-5(7,8)3-10-4(9)12(11-3)1-2(13)14/h1H2,(H,13,14)(H2,9,10,11). The molecule has 0 fully saturated rings. The van der Waals surface area contributed by atoms with E-state index in [9.17, 15) is 18.0 Å². The Labute approximate surface area is 75.1 Å². The number of alkyl halides is 3. The molecule has 1 aromatic heterocycles. The van der Waals surface area contributed by atoms with Crippen molar-refractivity contribution in [2.75, 3.05) is 5.73 Å². The number of aliphatic carboxylic acids is 1. The molecule has 6 nitrogen and oxygen atoms in total. The maximum atomic E-state index is 12.0. The molecule has 0 aromatic carbocycles. The lowest BCUT2D eigenvalue weighted by Gasteiger charge is -1.98. The third kappa shape index (κ3) is 2.12. The van der Waals surface area contributed by atoms with Gasteiger partial charge in [0.1, 0.15) is 6.54 Å². The Bertz CT molecular complexity index is 358. The number of hydrogen-bond donors (Lipinski definition) is 2. The number of nitrogen functional groups attached to an aromatic ring is 1. The minimum atomic E-state index is -4.72. The van der Waals surface area contributed by atoms with Crippen molar-refractivity contribution in [1.82, 2.24) is 14.8 Å². The molecule has 0 bridgehead atoms. The summed E-state index contributed by atoms with van der Waals surface area (Å²) in [6.07, 6.45) is -4.72. The number of nitrogens with two attached hydrogens (primary N) is 1. The summed E-state index contributed by atoms with van der Waals surface area (Å²) in [4.78, 5) is 13.0. The third-order valence-electron chi connectivity index (χ3n) is 1.24. The molecule has 3 N–H and O–H groups in total. The summed E-state index contributed by atoms with van der Waals surface area (Å²) in [7, 11) is 0. The normalized spacial score (nSPS) is 11.6. The first-order valence-electron chi connectivity index (χ1n) is 3.30. The van der Waals surface area contributed by atoms with E-state index in [1.165, 1.54) is 0 Å². The zero-order valence-electron chi connectivity index (χ0n) is 6.62. The first-order valence-corrected chi connectivity index (χ1v) is 3.30. The van der Waals surface area contributed by atoms with Crippen LogP contribution in [0.2, 0.25) is 0 Å². The molecule has 0 aliphatic rings. The average molecular weight is 210 g/mol. The number of rotatable bonds is 2. The summed E-state index contributed by atoms with van der Waals surface area (Å²) in [5.74, 6) is -3.38. The van der Waals surface area contributed by atoms with Crippen molar-refractivity contribution in [3.8, 4) is 0 Å². The molecule has 1 aromatic rings. The highest BCUT2D eigenvalue weighted by Crippen LogP contribution is 2.26. The molecular formula is C5H5F3N4O2. The van der Waals surface area contributed by atoms with E-state index < -0.39 is 30.5 Å². The highest BCUT2D eigenvalue weighted by atomic mass is 19.4. The molecule has 0 amide bonds. The Morgan fingerprint density at radius 3 is 2.50 bits per heavy atom. The van der Waals surface area contributed by atoms with Crippen molar-refractivity contribution in [1.29, 1.82) is 0 Å². The number of halogens is 3. The number of carboxylic acid groups (broad SMARTS) is 1. The van der Waals surface area contributed by atoms with Gasteiger partial charge in [0.25, 0.3) is 5.82 Å². The topological polar surface area (TPSA) is 94.0 Å². The Hall–Kier alpha value is -1.80. The monoisotopic (exact) mass is 210 g/mol. The number of hydrogen-bond acceptors (Lipinski definition) is 4. The Kier molecular flexibility index (Phi) is 2.32. The molecule has 0 saturated heterocycles. The van der Waals surface area contributed by atoms with Gasteiger partial charge in [0.15, 0.2) is 0 Å². The SMILES string of the molecule is Nc1nc(C(F)(F)F)nn1CC(=O)O. The van der Waals surface area contributed by atoms with Crippen LogP contribution in [-0.4, -0.2) is 25.8 Å². The molecule has 78 valence electrons. The average Bonchev–Trinajstić information content (AvgIpc) is 2.30. The van der Waals surface area contributed by atoms with Gasteiger partial charge in [0.05, 0.1) is 0 Å². The van der Waals surface area contributed by atoms with Crippen LogP contribution in [0.5, 0.6) is 0 Å². The fraction of sp³-hybridized carbons (Fsp3) is 0.400. The third-order valence-corrected chi connectivity index (χ3v) is 1.24. The highest BCUT2D eigenvalue weighted by Gasteiger charge is 2.36. The van der Waals surface area contributed by atoms with Gasteiger partial charge in [0.2, 0.25) is 5.95 Å². The molecule has 0 atom stereocenters. The van der Waals surface area contributed by atoms with Crippen LogP contribution in [0.15, 0.2) is 0 Å². The van der Waals surface area contributed by atoms with Gasteiger partial charge in [-0.3, -0.25) is 4.79 Å².